The number of ether oxygens (including phenoxy) is 1. The Bertz CT molecular complexity index is 732. The molecule has 6 heteroatoms. The molecule has 0 heterocycles. The molecule has 26 heavy (non-hydrogen) atoms. The van der Waals surface area contributed by atoms with Crippen LogP contribution < -0.4 is 15.5 Å². The molecule has 138 valence electrons. The van der Waals surface area contributed by atoms with Crippen LogP contribution in [0.1, 0.15) is 29.8 Å². The van der Waals surface area contributed by atoms with Crippen molar-refractivity contribution in [3.05, 3.63) is 65.7 Å². The molecule has 2 rings (SSSR count). The van der Waals surface area contributed by atoms with Crippen LogP contribution in [-0.2, 0) is 16.2 Å². The van der Waals surface area contributed by atoms with Crippen LogP contribution in [0.3, 0.4) is 0 Å². The van der Waals surface area contributed by atoms with Gasteiger partial charge >= 0.3 is 0 Å². The van der Waals surface area contributed by atoms with E-state index in [0.29, 0.717) is 11.3 Å². The van der Waals surface area contributed by atoms with E-state index in [9.17, 15) is 9.59 Å². The molecule has 0 aliphatic heterocycles. The van der Waals surface area contributed by atoms with Gasteiger partial charge in [0.25, 0.3) is 11.8 Å². The van der Waals surface area contributed by atoms with Crippen molar-refractivity contribution < 1.29 is 19.2 Å². The first-order valence-electron chi connectivity index (χ1n) is 8.42. The number of carbonyl (C=O) groups excluding carboxylic acids is 2. The van der Waals surface area contributed by atoms with Crippen LogP contribution in [0.4, 0.5) is 0 Å². The quantitative estimate of drug-likeness (QED) is 0.713. The van der Waals surface area contributed by atoms with Crippen molar-refractivity contribution in [2.75, 3.05) is 7.11 Å². The van der Waals surface area contributed by atoms with Gasteiger partial charge in [-0.05, 0) is 23.6 Å². The van der Waals surface area contributed by atoms with Gasteiger partial charge in [0, 0.05) is 0 Å². The molecule has 2 N–H and O–H groups in total. The number of nitrogens with one attached hydrogen (secondary N) is 2. The predicted molar refractivity (Wildman–Crippen MR) is 98.5 cm³/mol. The minimum Gasteiger partial charge on any atom is -0.496 e. The third-order valence-corrected chi connectivity index (χ3v) is 3.84. The van der Waals surface area contributed by atoms with Gasteiger partial charge in [-0.15, -0.1) is 0 Å². The highest BCUT2D eigenvalue weighted by Gasteiger charge is 2.26. The predicted octanol–water partition coefficient (Wildman–Crippen LogP) is 2.70. The van der Waals surface area contributed by atoms with Crippen LogP contribution in [0, 0.1) is 5.92 Å². The summed E-state index contributed by atoms with van der Waals surface area (Å²) in [4.78, 5) is 30.2. The van der Waals surface area contributed by atoms with Crippen LogP contribution in [0.2, 0.25) is 0 Å². The largest absolute Gasteiger partial charge is 0.496 e. The average molecular weight is 356 g/mol. The Morgan fingerprint density at radius 1 is 1.00 bits per heavy atom. The zero-order chi connectivity index (χ0) is 18.9. The minimum atomic E-state index is -0.733. The van der Waals surface area contributed by atoms with E-state index in [0.717, 1.165) is 5.56 Å². The Labute approximate surface area is 153 Å². The van der Waals surface area contributed by atoms with E-state index in [1.807, 2.05) is 44.2 Å². The highest BCUT2D eigenvalue weighted by Crippen LogP contribution is 2.17. The van der Waals surface area contributed by atoms with Gasteiger partial charge in [0.2, 0.25) is 0 Å². The number of carbonyl (C=O) groups is 2. The van der Waals surface area contributed by atoms with Crippen molar-refractivity contribution in [3.63, 3.8) is 0 Å². The second-order valence-corrected chi connectivity index (χ2v) is 6.14. The van der Waals surface area contributed by atoms with Gasteiger partial charge in [-0.25, -0.2) is 5.48 Å². The average Bonchev–Trinajstić information content (AvgIpc) is 2.66. The van der Waals surface area contributed by atoms with Crippen molar-refractivity contribution in [1.82, 2.24) is 10.8 Å². The number of para-hydroxylation sites is 1. The first kappa shape index (κ1) is 19.5. The van der Waals surface area contributed by atoms with E-state index in [-0.39, 0.29) is 18.4 Å². The summed E-state index contributed by atoms with van der Waals surface area (Å²) in [5.41, 5.74) is 3.72. The van der Waals surface area contributed by atoms with Crippen LogP contribution in [0.25, 0.3) is 0 Å². The van der Waals surface area contributed by atoms with Gasteiger partial charge in [0.05, 0.1) is 19.3 Å². The van der Waals surface area contributed by atoms with Crippen molar-refractivity contribution in [2.24, 2.45) is 5.92 Å². The maximum Gasteiger partial charge on any atom is 0.266 e. The first-order valence-corrected chi connectivity index (χ1v) is 8.42. The molecule has 0 radical (unpaired) electrons. The van der Waals surface area contributed by atoms with E-state index < -0.39 is 11.9 Å². The molecule has 1 atom stereocenters. The molecule has 0 fully saturated rings. The molecule has 0 aliphatic rings. The summed E-state index contributed by atoms with van der Waals surface area (Å²) in [5, 5.41) is 2.74. The van der Waals surface area contributed by atoms with Gasteiger partial charge < -0.3 is 10.1 Å². The van der Waals surface area contributed by atoms with E-state index in [1.54, 1.807) is 24.3 Å². The lowest BCUT2D eigenvalue weighted by Gasteiger charge is -2.22. The van der Waals surface area contributed by atoms with E-state index in [1.165, 1.54) is 7.11 Å². The molecular weight excluding hydrogens is 332 g/mol. The summed E-state index contributed by atoms with van der Waals surface area (Å²) < 4.78 is 5.20. The molecule has 2 aromatic rings. The summed E-state index contributed by atoms with van der Waals surface area (Å²) in [6.07, 6.45) is 0. The zero-order valence-corrected chi connectivity index (χ0v) is 15.2. The number of amides is 2. The molecule has 0 aromatic heterocycles. The second kappa shape index (κ2) is 9.58. The van der Waals surface area contributed by atoms with Gasteiger partial charge in [0.1, 0.15) is 11.8 Å². The van der Waals surface area contributed by atoms with Crippen molar-refractivity contribution in [2.45, 2.75) is 26.5 Å². The maximum absolute atomic E-state index is 12.5. The summed E-state index contributed by atoms with van der Waals surface area (Å²) in [5.74, 6) is -0.444. The molecule has 0 spiro atoms. The van der Waals surface area contributed by atoms with Crippen LogP contribution in [0.5, 0.6) is 5.75 Å². The number of methoxy groups -OCH3 is 1. The van der Waals surface area contributed by atoms with Gasteiger partial charge in [-0.1, -0.05) is 56.3 Å². The Kier molecular flexibility index (Phi) is 7.17. The van der Waals surface area contributed by atoms with Gasteiger partial charge in [-0.3, -0.25) is 14.4 Å². The zero-order valence-electron chi connectivity index (χ0n) is 15.2. The summed E-state index contributed by atoms with van der Waals surface area (Å²) in [7, 11) is 1.50. The molecule has 0 bridgehead atoms. The Morgan fingerprint density at radius 2 is 1.65 bits per heavy atom. The molecule has 0 saturated heterocycles. The standard InChI is InChI=1S/C20H24N2O4/c1-14(2)18(20(24)22-26-13-15-9-5-4-6-10-15)21-19(23)16-11-7-8-12-17(16)25-3/h4-12,14,18H,13H2,1-3H3,(H,21,23)(H,22,24). The molecule has 2 amide bonds. The molecule has 0 aliphatic carbocycles. The van der Waals surface area contributed by atoms with Crippen molar-refractivity contribution in [3.8, 4) is 5.75 Å². The van der Waals surface area contributed by atoms with E-state index in [4.69, 9.17) is 9.57 Å². The third-order valence-electron chi connectivity index (χ3n) is 3.84. The molecule has 0 saturated carbocycles. The fourth-order valence-corrected chi connectivity index (χ4v) is 2.41. The first-order chi connectivity index (χ1) is 12.5. The topological polar surface area (TPSA) is 76.7 Å². The molecule has 6 nitrogen and oxygen atoms in total. The number of rotatable bonds is 8. The van der Waals surface area contributed by atoms with Crippen LogP contribution >= 0.6 is 0 Å². The van der Waals surface area contributed by atoms with Gasteiger partial charge in [0.15, 0.2) is 0 Å². The number of hydrogen-bond donors (Lipinski definition) is 2. The van der Waals surface area contributed by atoms with Gasteiger partial charge in [-0.2, -0.15) is 0 Å². The molecule has 2 aromatic carbocycles. The van der Waals surface area contributed by atoms with E-state index in [2.05, 4.69) is 10.8 Å². The number of hydroxylamine groups is 1. The van der Waals surface area contributed by atoms with Crippen molar-refractivity contribution >= 4 is 11.8 Å². The number of benzene rings is 2. The molecular formula is C20H24N2O4. The smallest absolute Gasteiger partial charge is 0.266 e. The number of hydrogen-bond acceptors (Lipinski definition) is 4. The summed E-state index contributed by atoms with van der Waals surface area (Å²) in [6, 6.07) is 15.6. The van der Waals surface area contributed by atoms with Crippen molar-refractivity contribution in [1.29, 1.82) is 0 Å². The summed E-state index contributed by atoms with van der Waals surface area (Å²) >= 11 is 0. The fraction of sp³-hybridized carbons (Fsp3) is 0.300. The van der Waals surface area contributed by atoms with Crippen LogP contribution in [-0.4, -0.2) is 25.0 Å². The highest BCUT2D eigenvalue weighted by atomic mass is 16.6. The third kappa shape index (κ3) is 5.32. The lowest BCUT2D eigenvalue weighted by molar-refractivity contribution is -0.137. The Hall–Kier alpha value is -2.86. The monoisotopic (exact) mass is 356 g/mol. The SMILES string of the molecule is COc1ccccc1C(=O)NC(C(=O)NOCc1ccccc1)C(C)C. The highest BCUT2D eigenvalue weighted by molar-refractivity contribution is 5.99. The second-order valence-electron chi connectivity index (χ2n) is 6.14. The Balaban J connectivity index is 1.96. The molecule has 1 unspecified atom stereocenters. The van der Waals surface area contributed by atoms with E-state index >= 15 is 0 Å². The van der Waals surface area contributed by atoms with Crippen LogP contribution in [0.15, 0.2) is 54.6 Å². The fourth-order valence-electron chi connectivity index (χ4n) is 2.41. The minimum absolute atomic E-state index is 0.117. The normalized spacial score (nSPS) is 11.7. The Morgan fingerprint density at radius 3 is 2.31 bits per heavy atom. The lowest BCUT2D eigenvalue weighted by Crippen LogP contribution is -2.49. The maximum atomic E-state index is 12.5. The lowest BCUT2D eigenvalue weighted by atomic mass is 10.0. The summed E-state index contributed by atoms with van der Waals surface area (Å²) in [6.45, 7) is 3.95.